The summed E-state index contributed by atoms with van der Waals surface area (Å²) < 4.78 is 12.0. The number of ether oxygens (including phenoxy) is 2. The van der Waals surface area contributed by atoms with Crippen LogP contribution in [0.2, 0.25) is 0 Å². The smallest absolute Gasteiger partial charge is 0.357 e. The van der Waals surface area contributed by atoms with E-state index < -0.39 is 5.97 Å². The van der Waals surface area contributed by atoms with Crippen LogP contribution in [0.25, 0.3) is 10.9 Å². The molecule has 0 N–H and O–H groups in total. The van der Waals surface area contributed by atoms with E-state index in [1.807, 2.05) is 18.2 Å². The molecule has 0 spiro atoms. The van der Waals surface area contributed by atoms with E-state index >= 15 is 0 Å². The molecule has 104 valence electrons. The first-order chi connectivity index (χ1) is 9.63. The largest absolute Gasteiger partial charge is 0.497 e. The predicted octanol–water partition coefficient (Wildman–Crippen LogP) is 3.10. The summed E-state index contributed by atoms with van der Waals surface area (Å²) in [5, 5.41) is 3.08. The fourth-order valence-electron chi connectivity index (χ4n) is 2.12. The highest BCUT2D eigenvalue weighted by atomic mass is 32.1. The Hall–Kier alpha value is -2.17. The maximum atomic E-state index is 12.1. The van der Waals surface area contributed by atoms with Gasteiger partial charge in [-0.15, -0.1) is 0 Å². The van der Waals surface area contributed by atoms with Gasteiger partial charge in [-0.3, -0.25) is 0 Å². The first-order valence-corrected chi connectivity index (χ1v) is 6.46. The summed E-state index contributed by atoms with van der Waals surface area (Å²) >= 11 is 4.67. The molecule has 0 radical (unpaired) electrons. The van der Waals surface area contributed by atoms with Crippen molar-refractivity contribution in [3.63, 3.8) is 0 Å². The molecule has 0 saturated carbocycles. The number of benzene rings is 1. The second-order valence-electron chi connectivity index (χ2n) is 4.06. The van der Waals surface area contributed by atoms with Crippen molar-refractivity contribution in [2.24, 2.45) is 12.0 Å². The van der Waals surface area contributed by atoms with Gasteiger partial charge in [0.15, 0.2) is 5.69 Å². The van der Waals surface area contributed by atoms with Gasteiger partial charge in [0.25, 0.3) is 0 Å². The minimum absolute atomic E-state index is 0.296. The molecular formula is C14H14N2O3S. The third-order valence-corrected chi connectivity index (χ3v) is 3.10. The molecule has 2 aromatic rings. The third-order valence-electron chi connectivity index (χ3n) is 3.01. The van der Waals surface area contributed by atoms with Crippen molar-refractivity contribution in [2.75, 3.05) is 13.7 Å². The summed E-state index contributed by atoms with van der Waals surface area (Å²) in [6.07, 6.45) is 0. The number of aliphatic imine (C=N–C) groups is 1. The van der Waals surface area contributed by atoms with Gasteiger partial charge in [-0.1, -0.05) is 0 Å². The normalized spacial score (nSPS) is 10.2. The molecule has 1 aromatic heterocycles. The highest BCUT2D eigenvalue weighted by molar-refractivity contribution is 7.78. The van der Waals surface area contributed by atoms with Gasteiger partial charge in [0.05, 0.1) is 24.4 Å². The first kappa shape index (κ1) is 14.2. The lowest BCUT2D eigenvalue weighted by Crippen LogP contribution is -2.09. The Labute approximate surface area is 121 Å². The van der Waals surface area contributed by atoms with Crippen LogP contribution in [0.15, 0.2) is 23.2 Å². The van der Waals surface area contributed by atoms with Gasteiger partial charge in [-0.25, -0.2) is 4.79 Å². The molecule has 2 rings (SSSR count). The Balaban J connectivity index is 2.79. The minimum atomic E-state index is -0.436. The molecule has 0 unspecified atom stereocenters. The highest BCUT2D eigenvalue weighted by Gasteiger charge is 2.22. The third kappa shape index (κ3) is 2.31. The second kappa shape index (κ2) is 5.86. The number of isothiocyanates is 1. The summed E-state index contributed by atoms with van der Waals surface area (Å²) in [4.78, 5) is 16.1. The van der Waals surface area contributed by atoms with E-state index in [2.05, 4.69) is 22.4 Å². The molecule has 0 amide bonds. The number of carbonyl (C=O) groups excluding carboxylic acids is 1. The Bertz CT molecular complexity index is 715. The molecule has 0 fully saturated rings. The molecule has 0 aliphatic heterocycles. The fraction of sp³-hybridized carbons (Fsp3) is 0.286. The number of hydrogen-bond donors (Lipinski definition) is 0. The summed E-state index contributed by atoms with van der Waals surface area (Å²) in [6, 6.07) is 5.49. The van der Waals surface area contributed by atoms with Crippen LogP contribution < -0.4 is 4.74 Å². The van der Waals surface area contributed by atoms with Crippen LogP contribution >= 0.6 is 12.2 Å². The van der Waals surface area contributed by atoms with Crippen LogP contribution in [0.5, 0.6) is 5.75 Å². The van der Waals surface area contributed by atoms with E-state index in [-0.39, 0.29) is 0 Å². The SMILES string of the molecule is CCOC(=O)c1c(N=C=S)c2cc(OC)ccc2n1C. The monoisotopic (exact) mass is 290 g/mol. The second-order valence-corrected chi connectivity index (χ2v) is 4.25. The lowest BCUT2D eigenvalue weighted by Gasteiger charge is -2.04. The summed E-state index contributed by atoms with van der Waals surface area (Å²) in [5.41, 5.74) is 1.65. The lowest BCUT2D eigenvalue weighted by molar-refractivity contribution is 0.0517. The van der Waals surface area contributed by atoms with E-state index in [0.29, 0.717) is 23.7 Å². The van der Waals surface area contributed by atoms with E-state index in [0.717, 1.165) is 10.9 Å². The highest BCUT2D eigenvalue weighted by Crippen LogP contribution is 2.35. The quantitative estimate of drug-likeness (QED) is 0.493. The summed E-state index contributed by atoms with van der Waals surface area (Å²) in [6.45, 7) is 2.05. The van der Waals surface area contributed by atoms with E-state index in [4.69, 9.17) is 9.47 Å². The Morgan fingerprint density at radius 1 is 1.50 bits per heavy atom. The molecule has 20 heavy (non-hydrogen) atoms. The number of thiocarbonyl (C=S) groups is 1. The topological polar surface area (TPSA) is 52.8 Å². The zero-order valence-electron chi connectivity index (χ0n) is 11.5. The van der Waals surface area contributed by atoms with Crippen molar-refractivity contribution >= 4 is 39.9 Å². The molecular weight excluding hydrogens is 276 g/mol. The zero-order chi connectivity index (χ0) is 14.7. The Kier molecular flexibility index (Phi) is 4.17. The molecule has 0 aliphatic carbocycles. The van der Waals surface area contributed by atoms with Crippen LogP contribution in [-0.4, -0.2) is 29.4 Å². The number of aryl methyl sites for hydroxylation is 1. The van der Waals surface area contributed by atoms with Gasteiger partial charge in [0.2, 0.25) is 0 Å². The van der Waals surface area contributed by atoms with Gasteiger partial charge in [0.1, 0.15) is 11.4 Å². The summed E-state index contributed by atoms with van der Waals surface area (Å²) in [5.74, 6) is 0.244. The number of carbonyl (C=O) groups is 1. The van der Waals surface area contributed by atoms with Crippen LogP contribution in [0.3, 0.4) is 0 Å². The van der Waals surface area contributed by atoms with Crippen LogP contribution in [0.1, 0.15) is 17.4 Å². The van der Waals surface area contributed by atoms with Crippen molar-refractivity contribution in [2.45, 2.75) is 6.92 Å². The number of fused-ring (bicyclic) bond motifs is 1. The van der Waals surface area contributed by atoms with E-state index in [1.54, 1.807) is 25.6 Å². The first-order valence-electron chi connectivity index (χ1n) is 6.05. The number of esters is 1. The number of nitrogens with zero attached hydrogens (tertiary/aromatic N) is 2. The van der Waals surface area contributed by atoms with Gasteiger partial charge in [-0.2, -0.15) is 4.99 Å². The van der Waals surface area contributed by atoms with Crippen LogP contribution in [0.4, 0.5) is 5.69 Å². The van der Waals surface area contributed by atoms with Crippen molar-refractivity contribution in [1.29, 1.82) is 0 Å². The van der Waals surface area contributed by atoms with Crippen molar-refractivity contribution < 1.29 is 14.3 Å². The number of methoxy groups -OCH3 is 1. The summed E-state index contributed by atoms with van der Waals surface area (Å²) in [7, 11) is 3.36. The molecule has 1 aromatic carbocycles. The number of hydrogen-bond acceptors (Lipinski definition) is 5. The minimum Gasteiger partial charge on any atom is -0.497 e. The van der Waals surface area contributed by atoms with Crippen molar-refractivity contribution in [1.82, 2.24) is 4.57 Å². The van der Waals surface area contributed by atoms with E-state index in [9.17, 15) is 4.79 Å². The van der Waals surface area contributed by atoms with Gasteiger partial charge in [0, 0.05) is 12.4 Å². The number of rotatable bonds is 4. The van der Waals surface area contributed by atoms with E-state index in [1.165, 1.54) is 0 Å². The molecule has 0 aliphatic rings. The predicted molar refractivity (Wildman–Crippen MR) is 80.1 cm³/mol. The maximum absolute atomic E-state index is 12.1. The average molecular weight is 290 g/mol. The zero-order valence-corrected chi connectivity index (χ0v) is 12.3. The Morgan fingerprint density at radius 2 is 2.25 bits per heavy atom. The standard InChI is InChI=1S/C14H14N2O3S/c1-4-19-14(17)13-12(15-8-20)10-7-9(18-3)5-6-11(10)16(13)2/h5-7H,4H2,1-3H3. The molecule has 0 bridgehead atoms. The lowest BCUT2D eigenvalue weighted by atomic mass is 10.2. The fourth-order valence-corrected chi connectivity index (χ4v) is 2.21. The number of aromatic nitrogens is 1. The Morgan fingerprint density at radius 3 is 2.85 bits per heavy atom. The molecule has 5 nitrogen and oxygen atoms in total. The molecule has 6 heteroatoms. The molecule has 0 saturated heterocycles. The van der Waals surface area contributed by atoms with Crippen LogP contribution in [0, 0.1) is 0 Å². The van der Waals surface area contributed by atoms with Crippen molar-refractivity contribution in [3.05, 3.63) is 23.9 Å². The average Bonchev–Trinajstić information content (AvgIpc) is 2.72. The van der Waals surface area contributed by atoms with Crippen molar-refractivity contribution in [3.8, 4) is 5.75 Å². The molecule has 1 heterocycles. The van der Waals surface area contributed by atoms with Gasteiger partial charge < -0.3 is 14.0 Å². The maximum Gasteiger partial charge on any atom is 0.357 e. The van der Waals surface area contributed by atoms with Crippen LogP contribution in [-0.2, 0) is 11.8 Å². The van der Waals surface area contributed by atoms with Gasteiger partial charge in [-0.05, 0) is 37.3 Å². The van der Waals surface area contributed by atoms with Gasteiger partial charge >= 0.3 is 5.97 Å². The molecule has 0 atom stereocenters.